The Balaban J connectivity index is 2.09. The Labute approximate surface area is 112 Å². The summed E-state index contributed by atoms with van der Waals surface area (Å²) in [7, 11) is 0. The third kappa shape index (κ3) is 3.20. The summed E-state index contributed by atoms with van der Waals surface area (Å²) in [6.07, 6.45) is 2.46. The first-order chi connectivity index (χ1) is 9.11. The Hall–Kier alpha value is -1.68. The zero-order valence-corrected chi connectivity index (χ0v) is 11.1. The average molecular weight is 262 g/mol. The lowest BCUT2D eigenvalue weighted by molar-refractivity contribution is -0.125. The summed E-state index contributed by atoms with van der Waals surface area (Å²) in [6, 6.07) is 6.49. The largest absolute Gasteiger partial charge is 0.339 e. The van der Waals surface area contributed by atoms with Gasteiger partial charge in [-0.3, -0.25) is 4.79 Å². The summed E-state index contributed by atoms with van der Waals surface area (Å²) in [4.78, 5) is 13.9. The molecule has 2 rings (SSSR count). The number of hydrogen-bond donors (Lipinski definition) is 1. The summed E-state index contributed by atoms with van der Waals surface area (Å²) in [5.74, 6) is 0.0353. The number of benzene rings is 1. The fourth-order valence-corrected chi connectivity index (χ4v) is 2.36. The van der Waals surface area contributed by atoms with Crippen molar-refractivity contribution in [3.63, 3.8) is 0 Å². The topological polar surface area (TPSA) is 46.3 Å². The van der Waals surface area contributed by atoms with Crippen molar-refractivity contribution in [3.05, 3.63) is 41.7 Å². The smallest absolute Gasteiger partial charge is 0.246 e. The molecular formula is C15H19FN2O. The summed E-state index contributed by atoms with van der Waals surface area (Å²) < 4.78 is 13.6. The van der Waals surface area contributed by atoms with Gasteiger partial charge in [0.1, 0.15) is 5.82 Å². The molecule has 1 atom stereocenters. The van der Waals surface area contributed by atoms with Crippen LogP contribution in [0.15, 0.2) is 30.3 Å². The van der Waals surface area contributed by atoms with Gasteiger partial charge in [-0.2, -0.15) is 0 Å². The van der Waals surface area contributed by atoms with Gasteiger partial charge in [-0.25, -0.2) is 4.39 Å². The van der Waals surface area contributed by atoms with Gasteiger partial charge in [0.2, 0.25) is 5.91 Å². The molecule has 1 amide bonds. The van der Waals surface area contributed by atoms with Crippen molar-refractivity contribution in [3.8, 4) is 0 Å². The van der Waals surface area contributed by atoms with Crippen LogP contribution in [0.3, 0.4) is 0 Å². The molecule has 0 spiro atoms. The van der Waals surface area contributed by atoms with Crippen molar-refractivity contribution in [2.45, 2.75) is 13.3 Å². The highest BCUT2D eigenvalue weighted by Crippen LogP contribution is 2.20. The molecule has 0 aliphatic carbocycles. The number of carbonyl (C=O) groups excluding carboxylic acids is 1. The number of carbonyl (C=O) groups is 1. The highest BCUT2D eigenvalue weighted by molar-refractivity contribution is 5.95. The number of rotatable bonds is 3. The first-order valence-corrected chi connectivity index (χ1v) is 6.54. The number of halogens is 1. The molecular weight excluding hydrogens is 243 g/mol. The molecule has 1 aromatic rings. The van der Waals surface area contributed by atoms with Gasteiger partial charge >= 0.3 is 0 Å². The van der Waals surface area contributed by atoms with Gasteiger partial charge in [0.05, 0.1) is 0 Å². The van der Waals surface area contributed by atoms with Gasteiger partial charge in [-0.1, -0.05) is 18.2 Å². The van der Waals surface area contributed by atoms with Crippen molar-refractivity contribution in [2.75, 3.05) is 19.6 Å². The van der Waals surface area contributed by atoms with Crippen LogP contribution in [0.1, 0.15) is 18.9 Å². The summed E-state index contributed by atoms with van der Waals surface area (Å²) >= 11 is 0. The lowest BCUT2D eigenvalue weighted by Crippen LogP contribution is -2.28. The number of nitrogens with two attached hydrogens (primary N) is 1. The van der Waals surface area contributed by atoms with Crippen molar-refractivity contribution in [2.24, 2.45) is 11.7 Å². The van der Waals surface area contributed by atoms with E-state index >= 15 is 0 Å². The van der Waals surface area contributed by atoms with Crippen LogP contribution < -0.4 is 5.73 Å². The fourth-order valence-electron chi connectivity index (χ4n) is 2.36. The van der Waals surface area contributed by atoms with Crippen molar-refractivity contribution < 1.29 is 9.18 Å². The summed E-state index contributed by atoms with van der Waals surface area (Å²) in [5.41, 5.74) is 6.73. The molecule has 0 saturated carbocycles. The standard InChI is InChI=1S/C15H19FN2O/c1-11(13-4-2-3-5-14(13)16)8-15(19)18-7-6-12(9-17)10-18/h2-5,8,12H,6-7,9-10,17H2,1H3. The third-order valence-electron chi connectivity index (χ3n) is 3.57. The Kier molecular flexibility index (Phi) is 4.32. The fraction of sp³-hybridized carbons (Fsp3) is 0.400. The molecule has 2 N–H and O–H groups in total. The highest BCUT2D eigenvalue weighted by atomic mass is 19.1. The zero-order valence-electron chi connectivity index (χ0n) is 11.1. The van der Waals surface area contributed by atoms with Gasteiger partial charge in [0.25, 0.3) is 0 Å². The molecule has 3 nitrogen and oxygen atoms in total. The number of nitrogens with zero attached hydrogens (tertiary/aromatic N) is 1. The van der Waals surface area contributed by atoms with Gasteiger partial charge in [-0.15, -0.1) is 0 Å². The van der Waals surface area contributed by atoms with E-state index in [1.54, 1.807) is 30.0 Å². The minimum Gasteiger partial charge on any atom is -0.339 e. The van der Waals surface area contributed by atoms with Gasteiger partial charge in [-0.05, 0) is 37.4 Å². The van der Waals surface area contributed by atoms with Crippen LogP contribution in [0.4, 0.5) is 4.39 Å². The predicted octanol–water partition coefficient (Wildman–Crippen LogP) is 2.04. The maximum atomic E-state index is 13.6. The van der Waals surface area contributed by atoms with E-state index in [1.807, 2.05) is 0 Å². The van der Waals surface area contributed by atoms with Gasteiger partial charge in [0.15, 0.2) is 0 Å². The highest BCUT2D eigenvalue weighted by Gasteiger charge is 2.24. The lowest BCUT2D eigenvalue weighted by atomic mass is 10.1. The average Bonchev–Trinajstić information content (AvgIpc) is 2.88. The SMILES string of the molecule is CC(=CC(=O)N1CCC(CN)C1)c1ccccc1F. The van der Waals surface area contributed by atoms with E-state index < -0.39 is 0 Å². The first kappa shape index (κ1) is 13.7. The summed E-state index contributed by atoms with van der Waals surface area (Å²) in [6.45, 7) is 3.81. The van der Waals surface area contributed by atoms with E-state index in [4.69, 9.17) is 5.73 Å². The van der Waals surface area contributed by atoms with E-state index in [0.29, 0.717) is 30.1 Å². The molecule has 1 saturated heterocycles. The first-order valence-electron chi connectivity index (χ1n) is 6.54. The van der Waals surface area contributed by atoms with Crippen molar-refractivity contribution in [1.82, 2.24) is 4.90 Å². The van der Waals surface area contributed by atoms with E-state index in [-0.39, 0.29) is 11.7 Å². The van der Waals surface area contributed by atoms with E-state index in [1.165, 1.54) is 12.1 Å². The quantitative estimate of drug-likeness (QED) is 0.847. The molecule has 0 aromatic heterocycles. The van der Waals surface area contributed by atoms with Crippen LogP contribution in [0.25, 0.3) is 5.57 Å². The van der Waals surface area contributed by atoms with Crippen LogP contribution in [0, 0.1) is 11.7 Å². The number of allylic oxidation sites excluding steroid dienone is 1. The van der Waals surface area contributed by atoms with E-state index in [0.717, 1.165) is 13.0 Å². The second kappa shape index (κ2) is 5.97. The maximum absolute atomic E-state index is 13.6. The van der Waals surface area contributed by atoms with Gasteiger partial charge < -0.3 is 10.6 Å². The number of likely N-dealkylation sites (tertiary alicyclic amines) is 1. The molecule has 19 heavy (non-hydrogen) atoms. The zero-order chi connectivity index (χ0) is 13.8. The molecule has 1 unspecified atom stereocenters. The predicted molar refractivity (Wildman–Crippen MR) is 73.8 cm³/mol. The van der Waals surface area contributed by atoms with Gasteiger partial charge in [0, 0.05) is 24.7 Å². The lowest BCUT2D eigenvalue weighted by Gasteiger charge is -2.14. The molecule has 0 radical (unpaired) electrons. The van der Waals surface area contributed by atoms with Crippen LogP contribution >= 0.6 is 0 Å². The van der Waals surface area contributed by atoms with E-state index in [9.17, 15) is 9.18 Å². The second-order valence-electron chi connectivity index (χ2n) is 4.98. The third-order valence-corrected chi connectivity index (χ3v) is 3.57. The maximum Gasteiger partial charge on any atom is 0.246 e. The van der Waals surface area contributed by atoms with E-state index in [2.05, 4.69) is 0 Å². The molecule has 1 heterocycles. The molecule has 1 fully saturated rings. The minimum atomic E-state index is -0.301. The van der Waals surface area contributed by atoms with Crippen LogP contribution in [-0.2, 0) is 4.79 Å². The van der Waals surface area contributed by atoms with Crippen molar-refractivity contribution >= 4 is 11.5 Å². The summed E-state index contributed by atoms with van der Waals surface area (Å²) in [5, 5.41) is 0. The van der Waals surface area contributed by atoms with Crippen molar-refractivity contribution in [1.29, 1.82) is 0 Å². The molecule has 4 heteroatoms. The van der Waals surface area contributed by atoms with Crippen LogP contribution in [-0.4, -0.2) is 30.4 Å². The molecule has 1 aliphatic heterocycles. The molecule has 102 valence electrons. The van der Waals surface area contributed by atoms with Crippen LogP contribution in [0.5, 0.6) is 0 Å². The molecule has 1 aromatic carbocycles. The Morgan fingerprint density at radius 3 is 2.89 bits per heavy atom. The Bertz CT molecular complexity index is 499. The number of amides is 1. The Morgan fingerprint density at radius 2 is 2.26 bits per heavy atom. The molecule has 0 bridgehead atoms. The Morgan fingerprint density at radius 1 is 1.53 bits per heavy atom. The number of hydrogen-bond acceptors (Lipinski definition) is 2. The molecule has 1 aliphatic rings. The monoisotopic (exact) mass is 262 g/mol. The second-order valence-corrected chi connectivity index (χ2v) is 4.98. The normalized spacial score (nSPS) is 19.8. The minimum absolute atomic E-state index is 0.0586. The van der Waals surface area contributed by atoms with Crippen LogP contribution in [0.2, 0.25) is 0 Å².